The second kappa shape index (κ2) is 5.63. The van der Waals surface area contributed by atoms with Crippen LogP contribution in [0.1, 0.15) is 0 Å². The highest BCUT2D eigenvalue weighted by Crippen LogP contribution is 2.44. The zero-order valence-electron chi connectivity index (χ0n) is 9.79. The van der Waals surface area contributed by atoms with Crippen LogP contribution in [0.25, 0.3) is 0 Å². The smallest absolute Gasteiger partial charge is 0.236 e. The molecule has 1 fully saturated rings. The number of phenols is 1. The van der Waals surface area contributed by atoms with Gasteiger partial charge in [0.2, 0.25) is 5.91 Å². The summed E-state index contributed by atoms with van der Waals surface area (Å²) in [6, 6.07) is 0.825. The number of carbonyl (C=O) groups is 1. The molecule has 1 saturated heterocycles. The van der Waals surface area contributed by atoms with Crippen molar-refractivity contribution >= 4 is 46.4 Å². The van der Waals surface area contributed by atoms with Crippen LogP contribution in [0, 0.1) is 0 Å². The average Bonchev–Trinajstić information content (AvgIpc) is 2.36. The summed E-state index contributed by atoms with van der Waals surface area (Å²) in [6.07, 6.45) is 0. The van der Waals surface area contributed by atoms with Crippen molar-refractivity contribution in [1.29, 1.82) is 0 Å². The van der Waals surface area contributed by atoms with E-state index in [2.05, 4.69) is 5.32 Å². The Morgan fingerprint density at radius 1 is 1.42 bits per heavy atom. The van der Waals surface area contributed by atoms with Gasteiger partial charge in [-0.05, 0) is 0 Å². The molecule has 5 nitrogen and oxygen atoms in total. The lowest BCUT2D eigenvalue weighted by Gasteiger charge is -2.34. The standard InChI is InChI=1S/C11H12Cl3N3O2/c12-5-3-7(18)10(9(14)8(5)13)17-2-1-16-6(4-17)11(15)19/h3,6,16,18H,1-2,4H2,(H2,15,19). The molecule has 0 radical (unpaired) electrons. The number of phenolic OH excluding ortho intramolecular Hbond substituents is 1. The fourth-order valence-corrected chi connectivity index (χ4v) is 2.73. The summed E-state index contributed by atoms with van der Waals surface area (Å²) in [4.78, 5) is 13.0. The van der Waals surface area contributed by atoms with Gasteiger partial charge in [0.1, 0.15) is 11.8 Å². The van der Waals surface area contributed by atoms with Gasteiger partial charge in [0, 0.05) is 25.7 Å². The summed E-state index contributed by atoms with van der Waals surface area (Å²) in [5.41, 5.74) is 5.63. The molecule has 104 valence electrons. The van der Waals surface area contributed by atoms with Gasteiger partial charge in [0.15, 0.2) is 0 Å². The molecule has 0 spiro atoms. The van der Waals surface area contributed by atoms with Crippen molar-refractivity contribution < 1.29 is 9.90 Å². The molecule has 1 unspecified atom stereocenters. The number of piperazine rings is 1. The molecular formula is C11H12Cl3N3O2. The minimum Gasteiger partial charge on any atom is -0.506 e. The number of nitrogens with zero attached hydrogens (tertiary/aromatic N) is 1. The van der Waals surface area contributed by atoms with Gasteiger partial charge in [-0.15, -0.1) is 0 Å². The number of primary amides is 1. The maximum Gasteiger partial charge on any atom is 0.236 e. The molecule has 1 amide bonds. The van der Waals surface area contributed by atoms with Crippen LogP contribution in [-0.2, 0) is 4.79 Å². The van der Waals surface area contributed by atoms with E-state index in [1.54, 1.807) is 4.90 Å². The van der Waals surface area contributed by atoms with E-state index in [4.69, 9.17) is 40.5 Å². The number of rotatable bonds is 2. The number of benzene rings is 1. The summed E-state index contributed by atoms with van der Waals surface area (Å²) in [5.74, 6) is -0.537. The third-order valence-electron chi connectivity index (χ3n) is 2.95. The van der Waals surface area contributed by atoms with Crippen molar-refractivity contribution in [3.05, 3.63) is 21.1 Å². The van der Waals surface area contributed by atoms with Crippen molar-refractivity contribution in [1.82, 2.24) is 5.32 Å². The molecule has 0 aromatic heterocycles. The Morgan fingerprint density at radius 3 is 2.74 bits per heavy atom. The Hall–Kier alpha value is -0.880. The highest BCUT2D eigenvalue weighted by atomic mass is 35.5. The van der Waals surface area contributed by atoms with Crippen LogP contribution in [0.3, 0.4) is 0 Å². The first-order chi connectivity index (χ1) is 8.91. The fraction of sp³-hybridized carbons (Fsp3) is 0.364. The Labute approximate surface area is 125 Å². The Bertz CT molecular complexity index is 524. The van der Waals surface area contributed by atoms with E-state index in [0.29, 0.717) is 25.3 Å². The summed E-state index contributed by atoms with van der Waals surface area (Å²) in [5, 5.41) is 13.5. The van der Waals surface area contributed by atoms with Crippen LogP contribution < -0.4 is 16.0 Å². The summed E-state index contributed by atoms with van der Waals surface area (Å²) in [6.45, 7) is 1.42. The van der Waals surface area contributed by atoms with E-state index in [9.17, 15) is 9.90 Å². The largest absolute Gasteiger partial charge is 0.506 e. The second-order valence-corrected chi connectivity index (χ2v) is 5.37. The number of hydrogen-bond acceptors (Lipinski definition) is 4. The van der Waals surface area contributed by atoms with Gasteiger partial charge >= 0.3 is 0 Å². The second-order valence-electron chi connectivity index (χ2n) is 4.21. The quantitative estimate of drug-likeness (QED) is 0.722. The number of carbonyl (C=O) groups excluding carboxylic acids is 1. The zero-order valence-corrected chi connectivity index (χ0v) is 12.1. The molecule has 2 rings (SSSR count). The molecule has 1 aliphatic heterocycles. The summed E-state index contributed by atoms with van der Waals surface area (Å²) >= 11 is 17.9. The summed E-state index contributed by atoms with van der Waals surface area (Å²) < 4.78 is 0. The maximum atomic E-state index is 11.2. The molecule has 1 aromatic rings. The van der Waals surface area contributed by atoms with Crippen LogP contribution in [0.5, 0.6) is 5.75 Å². The van der Waals surface area contributed by atoms with Crippen LogP contribution in [-0.4, -0.2) is 36.7 Å². The number of halogens is 3. The molecule has 1 aliphatic rings. The van der Waals surface area contributed by atoms with Crippen molar-refractivity contribution in [3.8, 4) is 5.75 Å². The monoisotopic (exact) mass is 323 g/mol. The van der Waals surface area contributed by atoms with Gasteiger partial charge in [-0.25, -0.2) is 0 Å². The minimum atomic E-state index is -0.501. The normalized spacial score (nSPS) is 19.5. The number of nitrogens with two attached hydrogens (primary N) is 1. The number of hydrogen-bond donors (Lipinski definition) is 3. The minimum absolute atomic E-state index is 0.0791. The summed E-state index contributed by atoms with van der Waals surface area (Å²) in [7, 11) is 0. The predicted molar refractivity (Wildman–Crippen MR) is 76.3 cm³/mol. The SMILES string of the molecule is NC(=O)C1CN(c2c(O)cc(Cl)c(Cl)c2Cl)CCN1. The third-order valence-corrected chi connectivity index (χ3v) is 4.20. The van der Waals surface area contributed by atoms with E-state index in [1.807, 2.05) is 0 Å². The lowest BCUT2D eigenvalue weighted by Crippen LogP contribution is -2.56. The van der Waals surface area contributed by atoms with Crippen LogP contribution in [0.4, 0.5) is 5.69 Å². The van der Waals surface area contributed by atoms with Crippen LogP contribution in [0.15, 0.2) is 6.07 Å². The van der Waals surface area contributed by atoms with Gasteiger partial charge in [-0.3, -0.25) is 4.79 Å². The number of amides is 1. The molecule has 4 N–H and O–H groups in total. The number of aromatic hydroxyl groups is 1. The maximum absolute atomic E-state index is 11.2. The highest BCUT2D eigenvalue weighted by molar-refractivity contribution is 6.49. The zero-order chi connectivity index (χ0) is 14.2. The number of nitrogens with one attached hydrogen (secondary N) is 1. The van der Waals surface area contributed by atoms with Gasteiger partial charge in [-0.1, -0.05) is 34.8 Å². The molecule has 8 heteroatoms. The molecule has 1 aromatic carbocycles. The predicted octanol–water partition coefficient (Wildman–Crippen LogP) is 1.62. The van der Waals surface area contributed by atoms with E-state index in [-0.39, 0.29) is 20.8 Å². The van der Waals surface area contributed by atoms with Crippen LogP contribution in [0.2, 0.25) is 15.1 Å². The molecular weight excluding hydrogens is 312 g/mol. The Balaban J connectivity index is 2.36. The Morgan fingerprint density at radius 2 is 2.11 bits per heavy atom. The molecule has 0 saturated carbocycles. The fourth-order valence-electron chi connectivity index (χ4n) is 2.02. The van der Waals surface area contributed by atoms with E-state index in [1.165, 1.54) is 6.07 Å². The van der Waals surface area contributed by atoms with Crippen LogP contribution >= 0.6 is 34.8 Å². The van der Waals surface area contributed by atoms with E-state index in [0.717, 1.165) is 0 Å². The highest BCUT2D eigenvalue weighted by Gasteiger charge is 2.27. The van der Waals surface area contributed by atoms with Gasteiger partial charge < -0.3 is 21.1 Å². The lowest BCUT2D eigenvalue weighted by molar-refractivity contribution is -0.120. The number of anilines is 1. The molecule has 1 heterocycles. The third kappa shape index (κ3) is 2.84. The molecule has 0 bridgehead atoms. The topological polar surface area (TPSA) is 78.6 Å². The van der Waals surface area contributed by atoms with E-state index >= 15 is 0 Å². The average molecular weight is 325 g/mol. The lowest BCUT2D eigenvalue weighted by atomic mass is 10.1. The van der Waals surface area contributed by atoms with Gasteiger partial charge in [0.25, 0.3) is 0 Å². The van der Waals surface area contributed by atoms with Crippen molar-refractivity contribution in [2.24, 2.45) is 5.73 Å². The van der Waals surface area contributed by atoms with E-state index < -0.39 is 11.9 Å². The molecule has 19 heavy (non-hydrogen) atoms. The van der Waals surface area contributed by atoms with Crippen molar-refractivity contribution in [2.75, 3.05) is 24.5 Å². The first kappa shape index (κ1) is 14.5. The molecule has 0 aliphatic carbocycles. The van der Waals surface area contributed by atoms with Crippen molar-refractivity contribution in [2.45, 2.75) is 6.04 Å². The van der Waals surface area contributed by atoms with Crippen molar-refractivity contribution in [3.63, 3.8) is 0 Å². The van der Waals surface area contributed by atoms with Gasteiger partial charge in [0.05, 0.1) is 20.8 Å². The Kier molecular flexibility index (Phi) is 4.30. The molecule has 1 atom stereocenters. The first-order valence-electron chi connectivity index (χ1n) is 5.56. The first-order valence-corrected chi connectivity index (χ1v) is 6.69. The van der Waals surface area contributed by atoms with Gasteiger partial charge in [-0.2, -0.15) is 0 Å².